The molecule has 0 atom stereocenters. The molecule has 0 amide bonds. The van der Waals surface area contributed by atoms with Crippen LogP contribution in [-0.4, -0.2) is 0 Å². The Morgan fingerprint density at radius 2 is 1.69 bits per heavy atom. The van der Waals surface area contributed by atoms with Gasteiger partial charge in [0.25, 0.3) is 0 Å². The van der Waals surface area contributed by atoms with Crippen LogP contribution in [0.3, 0.4) is 0 Å². The summed E-state index contributed by atoms with van der Waals surface area (Å²) in [6, 6.07) is 19.7. The average Bonchev–Trinajstić information content (AvgIpc) is 2.20. The number of aryl methyl sites for hydroxylation is 1. The van der Waals surface area contributed by atoms with E-state index in [4.69, 9.17) is 0 Å². The Balaban J connectivity index is 2.54. The van der Waals surface area contributed by atoms with Crippen LogP contribution in [0.2, 0.25) is 0 Å². The molecular formula is C13H11. The fourth-order valence-corrected chi connectivity index (χ4v) is 1.44. The molecule has 0 heteroatoms. The Bertz CT molecular complexity index is 388. The van der Waals surface area contributed by atoms with Gasteiger partial charge in [0, 0.05) is 0 Å². The molecular weight excluding hydrogens is 156 g/mol. The van der Waals surface area contributed by atoms with Crippen molar-refractivity contribution >= 4 is 0 Å². The second-order valence-corrected chi connectivity index (χ2v) is 3.09. The molecule has 0 bridgehead atoms. The van der Waals surface area contributed by atoms with Gasteiger partial charge in [-0.15, -0.1) is 0 Å². The van der Waals surface area contributed by atoms with Crippen LogP contribution in [0.1, 0.15) is 5.56 Å². The molecule has 0 aliphatic heterocycles. The first-order valence-electron chi connectivity index (χ1n) is 4.40. The molecule has 0 spiro atoms. The zero-order valence-electron chi connectivity index (χ0n) is 7.62. The van der Waals surface area contributed by atoms with E-state index in [1.807, 2.05) is 18.2 Å². The highest BCUT2D eigenvalue weighted by Crippen LogP contribution is 2.21. The predicted octanol–water partition coefficient (Wildman–Crippen LogP) is 3.46. The largest absolute Gasteiger partial charge is 0.0622 e. The summed E-state index contributed by atoms with van der Waals surface area (Å²) in [5.41, 5.74) is 3.71. The van der Waals surface area contributed by atoms with Crippen molar-refractivity contribution < 1.29 is 0 Å². The Labute approximate surface area is 78.9 Å². The minimum atomic E-state index is 1.20. The standard InChI is InChI=1S/C13H11/c1-11-7-5-6-10-13(11)12-8-3-2-4-9-12/h2-9H,1H3. The van der Waals surface area contributed by atoms with Crippen LogP contribution in [0.15, 0.2) is 48.5 Å². The molecule has 0 fully saturated rings. The molecule has 0 aliphatic carbocycles. The predicted molar refractivity (Wildman–Crippen MR) is 55.5 cm³/mol. The van der Waals surface area contributed by atoms with Gasteiger partial charge >= 0.3 is 0 Å². The molecule has 63 valence electrons. The minimum Gasteiger partial charge on any atom is -0.0622 e. The molecule has 0 aromatic heterocycles. The molecule has 0 heterocycles. The Kier molecular flexibility index (Phi) is 2.13. The van der Waals surface area contributed by atoms with Gasteiger partial charge in [-0.25, -0.2) is 0 Å². The lowest BCUT2D eigenvalue weighted by Gasteiger charge is -2.03. The summed E-state index contributed by atoms with van der Waals surface area (Å²) in [5.74, 6) is 0. The zero-order valence-corrected chi connectivity index (χ0v) is 7.62. The van der Waals surface area contributed by atoms with Crippen molar-refractivity contribution in [2.45, 2.75) is 6.92 Å². The van der Waals surface area contributed by atoms with Crippen LogP contribution in [-0.2, 0) is 0 Å². The fourth-order valence-electron chi connectivity index (χ4n) is 1.44. The quantitative estimate of drug-likeness (QED) is 0.610. The highest BCUT2D eigenvalue weighted by atomic mass is 14.0. The van der Waals surface area contributed by atoms with Crippen molar-refractivity contribution in [1.82, 2.24) is 0 Å². The molecule has 1 radical (unpaired) electrons. The van der Waals surface area contributed by atoms with E-state index < -0.39 is 0 Å². The number of hydrogen-bond donors (Lipinski definition) is 0. The summed E-state index contributed by atoms with van der Waals surface area (Å²) in [7, 11) is 0. The average molecular weight is 167 g/mol. The number of benzene rings is 2. The summed E-state index contributed by atoms with van der Waals surface area (Å²) >= 11 is 0. The second kappa shape index (κ2) is 3.44. The van der Waals surface area contributed by atoms with Gasteiger partial charge in [0.2, 0.25) is 0 Å². The van der Waals surface area contributed by atoms with Crippen molar-refractivity contribution in [3.05, 3.63) is 60.2 Å². The SMILES string of the molecule is Cc1ccc[c]c1-c1ccccc1. The van der Waals surface area contributed by atoms with Gasteiger partial charge in [-0.05, 0) is 29.7 Å². The second-order valence-electron chi connectivity index (χ2n) is 3.09. The van der Waals surface area contributed by atoms with Crippen LogP contribution < -0.4 is 0 Å². The fraction of sp³-hybridized carbons (Fsp3) is 0.0769. The van der Waals surface area contributed by atoms with Gasteiger partial charge in [-0.2, -0.15) is 0 Å². The van der Waals surface area contributed by atoms with E-state index >= 15 is 0 Å². The van der Waals surface area contributed by atoms with Crippen LogP contribution in [0, 0.1) is 13.0 Å². The normalized spacial score (nSPS) is 9.92. The summed E-state index contributed by atoms with van der Waals surface area (Å²) in [6.45, 7) is 2.11. The van der Waals surface area contributed by atoms with Gasteiger partial charge in [0.15, 0.2) is 0 Å². The van der Waals surface area contributed by atoms with Crippen LogP contribution in [0.25, 0.3) is 11.1 Å². The number of hydrogen-bond acceptors (Lipinski definition) is 0. The van der Waals surface area contributed by atoms with Gasteiger partial charge in [0.05, 0.1) is 0 Å². The molecule has 0 N–H and O–H groups in total. The maximum atomic E-state index is 3.25. The van der Waals surface area contributed by atoms with Crippen molar-refractivity contribution in [1.29, 1.82) is 0 Å². The van der Waals surface area contributed by atoms with E-state index in [1.54, 1.807) is 0 Å². The first kappa shape index (κ1) is 8.06. The molecule has 0 saturated carbocycles. The molecule has 0 saturated heterocycles. The van der Waals surface area contributed by atoms with Gasteiger partial charge in [-0.1, -0.05) is 48.5 Å². The Morgan fingerprint density at radius 1 is 0.923 bits per heavy atom. The summed E-state index contributed by atoms with van der Waals surface area (Å²) < 4.78 is 0. The van der Waals surface area contributed by atoms with E-state index in [0.29, 0.717) is 0 Å². The lowest BCUT2D eigenvalue weighted by atomic mass is 10.0. The molecule has 2 rings (SSSR count). The Morgan fingerprint density at radius 3 is 2.38 bits per heavy atom. The molecule has 0 aliphatic rings. The van der Waals surface area contributed by atoms with Crippen molar-refractivity contribution in [2.24, 2.45) is 0 Å². The van der Waals surface area contributed by atoms with E-state index in [0.717, 1.165) is 0 Å². The third kappa shape index (κ3) is 1.62. The van der Waals surface area contributed by atoms with Crippen molar-refractivity contribution in [3.8, 4) is 11.1 Å². The minimum absolute atomic E-state index is 1.20. The Hall–Kier alpha value is -1.56. The van der Waals surface area contributed by atoms with Crippen LogP contribution in [0.5, 0.6) is 0 Å². The van der Waals surface area contributed by atoms with E-state index in [2.05, 4.69) is 43.3 Å². The highest BCUT2D eigenvalue weighted by Gasteiger charge is 1.98. The van der Waals surface area contributed by atoms with Gasteiger partial charge < -0.3 is 0 Å². The molecule has 2 aromatic carbocycles. The molecule has 0 unspecified atom stereocenters. The van der Waals surface area contributed by atoms with Crippen molar-refractivity contribution in [3.63, 3.8) is 0 Å². The van der Waals surface area contributed by atoms with E-state index in [1.165, 1.54) is 16.7 Å². The van der Waals surface area contributed by atoms with Crippen LogP contribution in [0.4, 0.5) is 0 Å². The maximum Gasteiger partial charge on any atom is -0.00759 e. The molecule has 2 aromatic rings. The van der Waals surface area contributed by atoms with Crippen molar-refractivity contribution in [2.75, 3.05) is 0 Å². The smallest absolute Gasteiger partial charge is 0.00759 e. The lowest BCUT2D eigenvalue weighted by molar-refractivity contribution is 1.45. The summed E-state index contributed by atoms with van der Waals surface area (Å²) in [6.07, 6.45) is 0. The monoisotopic (exact) mass is 167 g/mol. The zero-order chi connectivity index (χ0) is 9.10. The third-order valence-corrected chi connectivity index (χ3v) is 2.13. The number of rotatable bonds is 1. The third-order valence-electron chi connectivity index (χ3n) is 2.13. The maximum absolute atomic E-state index is 3.25. The van der Waals surface area contributed by atoms with E-state index in [-0.39, 0.29) is 0 Å². The summed E-state index contributed by atoms with van der Waals surface area (Å²) in [5, 5.41) is 0. The highest BCUT2D eigenvalue weighted by molar-refractivity contribution is 5.66. The molecule has 0 nitrogen and oxygen atoms in total. The van der Waals surface area contributed by atoms with Gasteiger partial charge in [0.1, 0.15) is 0 Å². The molecule has 13 heavy (non-hydrogen) atoms. The van der Waals surface area contributed by atoms with Gasteiger partial charge in [-0.3, -0.25) is 0 Å². The van der Waals surface area contributed by atoms with E-state index in [9.17, 15) is 0 Å². The first-order valence-corrected chi connectivity index (χ1v) is 4.40. The van der Waals surface area contributed by atoms with Crippen LogP contribution >= 0.6 is 0 Å². The lowest BCUT2D eigenvalue weighted by Crippen LogP contribution is -1.81. The summed E-state index contributed by atoms with van der Waals surface area (Å²) in [4.78, 5) is 0. The first-order chi connectivity index (χ1) is 6.38. The topological polar surface area (TPSA) is 0 Å².